The Morgan fingerprint density at radius 1 is 1.00 bits per heavy atom. The molecule has 26 heavy (non-hydrogen) atoms. The van der Waals surface area contributed by atoms with E-state index < -0.39 is 10.0 Å². The predicted molar refractivity (Wildman–Crippen MR) is 106 cm³/mol. The predicted octanol–water partition coefficient (Wildman–Crippen LogP) is 2.59. The SMILES string of the molecule is CCN(CC)S(=O)(=O)c1ccc(-c2c[c]c(N3CCNCC3)cc2)cc1. The molecule has 0 aliphatic carbocycles. The average molecular weight is 373 g/mol. The molecule has 1 N–H and O–H groups in total. The minimum Gasteiger partial charge on any atom is -0.368 e. The molecule has 6 heteroatoms. The van der Waals surface area contributed by atoms with Crippen molar-refractivity contribution in [2.24, 2.45) is 0 Å². The molecule has 3 rings (SSSR count). The molecule has 2 aromatic rings. The lowest BCUT2D eigenvalue weighted by Gasteiger charge is -2.29. The van der Waals surface area contributed by atoms with Crippen LogP contribution in [-0.4, -0.2) is 52.0 Å². The van der Waals surface area contributed by atoms with E-state index in [1.54, 1.807) is 12.1 Å². The number of anilines is 1. The molecule has 2 aromatic carbocycles. The van der Waals surface area contributed by atoms with Crippen LogP contribution in [0.15, 0.2) is 47.4 Å². The molecule has 139 valence electrons. The molecule has 1 heterocycles. The lowest BCUT2D eigenvalue weighted by Crippen LogP contribution is -2.43. The zero-order valence-corrected chi connectivity index (χ0v) is 16.2. The molecule has 0 saturated carbocycles. The van der Waals surface area contributed by atoms with Crippen molar-refractivity contribution >= 4 is 15.7 Å². The van der Waals surface area contributed by atoms with E-state index >= 15 is 0 Å². The van der Waals surface area contributed by atoms with Crippen molar-refractivity contribution in [3.05, 3.63) is 48.5 Å². The Balaban J connectivity index is 1.78. The van der Waals surface area contributed by atoms with Crippen molar-refractivity contribution in [1.82, 2.24) is 9.62 Å². The lowest BCUT2D eigenvalue weighted by atomic mass is 10.1. The maximum absolute atomic E-state index is 12.6. The number of nitrogens with zero attached hydrogens (tertiary/aromatic N) is 2. The van der Waals surface area contributed by atoms with Crippen molar-refractivity contribution in [3.8, 4) is 11.1 Å². The summed E-state index contributed by atoms with van der Waals surface area (Å²) in [7, 11) is -3.41. The fourth-order valence-corrected chi connectivity index (χ4v) is 4.69. The summed E-state index contributed by atoms with van der Waals surface area (Å²) in [5.74, 6) is 0. The third-order valence-electron chi connectivity index (χ3n) is 4.78. The zero-order chi connectivity index (χ0) is 18.6. The fourth-order valence-electron chi connectivity index (χ4n) is 3.23. The van der Waals surface area contributed by atoms with Gasteiger partial charge in [-0.1, -0.05) is 32.0 Å². The molecular weight excluding hydrogens is 346 g/mol. The van der Waals surface area contributed by atoms with E-state index in [-0.39, 0.29) is 0 Å². The van der Waals surface area contributed by atoms with Crippen LogP contribution in [0.1, 0.15) is 13.8 Å². The summed E-state index contributed by atoms with van der Waals surface area (Å²) in [6.45, 7) is 8.64. The molecule has 0 atom stereocenters. The van der Waals surface area contributed by atoms with E-state index in [0.717, 1.165) is 43.0 Å². The molecule has 1 fully saturated rings. The fraction of sp³-hybridized carbons (Fsp3) is 0.400. The Labute approximate surface area is 156 Å². The Hall–Kier alpha value is -1.89. The minimum atomic E-state index is -3.41. The molecule has 1 aliphatic heterocycles. The highest BCUT2D eigenvalue weighted by Gasteiger charge is 2.21. The Morgan fingerprint density at radius 3 is 2.15 bits per heavy atom. The van der Waals surface area contributed by atoms with E-state index in [0.29, 0.717) is 18.0 Å². The maximum atomic E-state index is 12.6. The van der Waals surface area contributed by atoms with Gasteiger partial charge in [-0.2, -0.15) is 4.31 Å². The Kier molecular flexibility index (Phi) is 5.96. The van der Waals surface area contributed by atoms with Crippen LogP contribution in [0.3, 0.4) is 0 Å². The molecule has 0 bridgehead atoms. The van der Waals surface area contributed by atoms with Gasteiger partial charge < -0.3 is 10.2 Å². The second-order valence-electron chi connectivity index (χ2n) is 6.31. The van der Waals surface area contributed by atoms with Crippen LogP contribution in [0.5, 0.6) is 0 Å². The lowest BCUT2D eigenvalue weighted by molar-refractivity contribution is 0.445. The van der Waals surface area contributed by atoms with E-state index in [9.17, 15) is 8.42 Å². The van der Waals surface area contributed by atoms with Gasteiger partial charge in [0.15, 0.2) is 0 Å². The van der Waals surface area contributed by atoms with Crippen LogP contribution in [0.4, 0.5) is 5.69 Å². The van der Waals surface area contributed by atoms with Gasteiger partial charge in [-0.25, -0.2) is 8.42 Å². The van der Waals surface area contributed by atoms with Crippen LogP contribution >= 0.6 is 0 Å². The number of benzene rings is 2. The second kappa shape index (κ2) is 8.20. The van der Waals surface area contributed by atoms with Crippen molar-refractivity contribution in [2.75, 3.05) is 44.2 Å². The summed E-state index contributed by atoms with van der Waals surface area (Å²) in [4.78, 5) is 2.66. The first-order valence-electron chi connectivity index (χ1n) is 9.14. The topological polar surface area (TPSA) is 52.7 Å². The Morgan fingerprint density at radius 2 is 1.62 bits per heavy atom. The molecule has 1 aliphatic rings. The van der Waals surface area contributed by atoms with E-state index in [4.69, 9.17) is 0 Å². The molecule has 0 unspecified atom stereocenters. The molecule has 1 radical (unpaired) electrons. The molecular formula is C20H26N3O2S. The molecule has 0 amide bonds. The van der Waals surface area contributed by atoms with Crippen LogP contribution < -0.4 is 10.2 Å². The van der Waals surface area contributed by atoms with Gasteiger partial charge in [0, 0.05) is 51.0 Å². The number of nitrogens with one attached hydrogen (secondary N) is 1. The van der Waals surface area contributed by atoms with Crippen LogP contribution in [0.25, 0.3) is 11.1 Å². The van der Waals surface area contributed by atoms with Gasteiger partial charge in [0.1, 0.15) is 0 Å². The maximum Gasteiger partial charge on any atom is 0.243 e. The first kappa shape index (κ1) is 18.9. The van der Waals surface area contributed by atoms with Gasteiger partial charge in [-0.3, -0.25) is 0 Å². The Bertz CT molecular complexity index is 807. The molecule has 0 spiro atoms. The number of hydrogen-bond acceptors (Lipinski definition) is 4. The van der Waals surface area contributed by atoms with Crippen molar-refractivity contribution in [3.63, 3.8) is 0 Å². The molecule has 0 aromatic heterocycles. The van der Waals surface area contributed by atoms with Crippen LogP contribution in [-0.2, 0) is 10.0 Å². The highest BCUT2D eigenvalue weighted by molar-refractivity contribution is 7.89. The van der Waals surface area contributed by atoms with E-state index in [2.05, 4.69) is 28.4 Å². The first-order chi connectivity index (χ1) is 12.6. The molecule has 5 nitrogen and oxygen atoms in total. The van der Waals surface area contributed by atoms with Crippen LogP contribution in [0.2, 0.25) is 0 Å². The third kappa shape index (κ3) is 3.92. The number of piperazine rings is 1. The highest BCUT2D eigenvalue weighted by atomic mass is 32.2. The smallest absolute Gasteiger partial charge is 0.243 e. The van der Waals surface area contributed by atoms with Gasteiger partial charge >= 0.3 is 0 Å². The van der Waals surface area contributed by atoms with Crippen molar-refractivity contribution in [1.29, 1.82) is 0 Å². The normalized spacial score (nSPS) is 15.4. The third-order valence-corrected chi connectivity index (χ3v) is 6.85. The number of rotatable bonds is 6. The van der Waals surface area contributed by atoms with Crippen LogP contribution in [0, 0.1) is 6.07 Å². The summed E-state index contributed by atoms with van der Waals surface area (Å²) in [6, 6.07) is 16.6. The average Bonchev–Trinajstić information content (AvgIpc) is 2.70. The number of hydrogen-bond donors (Lipinski definition) is 1. The van der Waals surface area contributed by atoms with Crippen molar-refractivity contribution < 1.29 is 8.42 Å². The highest BCUT2D eigenvalue weighted by Crippen LogP contribution is 2.25. The zero-order valence-electron chi connectivity index (χ0n) is 15.4. The first-order valence-corrected chi connectivity index (χ1v) is 10.6. The monoisotopic (exact) mass is 372 g/mol. The van der Waals surface area contributed by atoms with Gasteiger partial charge in [0.25, 0.3) is 0 Å². The second-order valence-corrected chi connectivity index (χ2v) is 8.25. The van der Waals surface area contributed by atoms with Gasteiger partial charge in [0.05, 0.1) is 4.90 Å². The summed E-state index contributed by atoms with van der Waals surface area (Å²) >= 11 is 0. The summed E-state index contributed by atoms with van der Waals surface area (Å²) in [5, 5.41) is 3.35. The van der Waals surface area contributed by atoms with Crippen molar-refractivity contribution in [2.45, 2.75) is 18.7 Å². The van der Waals surface area contributed by atoms with Gasteiger partial charge in [-0.15, -0.1) is 0 Å². The number of sulfonamides is 1. The quantitative estimate of drug-likeness (QED) is 0.847. The minimum absolute atomic E-state index is 0.339. The largest absolute Gasteiger partial charge is 0.368 e. The molecule has 1 saturated heterocycles. The van der Waals surface area contributed by atoms with E-state index in [1.165, 1.54) is 4.31 Å². The summed E-state index contributed by atoms with van der Waals surface area (Å²) in [6.07, 6.45) is 0. The van der Waals surface area contributed by atoms with Gasteiger partial charge in [0.2, 0.25) is 10.0 Å². The van der Waals surface area contributed by atoms with Gasteiger partial charge in [-0.05, 0) is 35.4 Å². The summed E-state index contributed by atoms with van der Waals surface area (Å²) < 4.78 is 26.6. The summed E-state index contributed by atoms with van der Waals surface area (Å²) in [5.41, 5.74) is 3.14. The standard InChI is InChI=1S/C20H26N3O2S/c1-3-23(4-2)26(24,25)20-11-7-18(8-12-20)17-5-9-19(10-6-17)22-15-13-21-14-16-22/h5-9,11-12,21H,3-4,13-16H2,1-2H3. The van der Waals surface area contributed by atoms with E-state index in [1.807, 2.05) is 32.0 Å².